The first-order valence-corrected chi connectivity index (χ1v) is 8.34. The van der Waals surface area contributed by atoms with Gasteiger partial charge >= 0.3 is 6.03 Å². The van der Waals surface area contributed by atoms with Gasteiger partial charge < -0.3 is 20.1 Å². The van der Waals surface area contributed by atoms with Crippen molar-refractivity contribution >= 4 is 6.03 Å². The van der Waals surface area contributed by atoms with Crippen molar-refractivity contribution in [3.8, 4) is 0 Å². The van der Waals surface area contributed by atoms with E-state index in [-0.39, 0.29) is 30.2 Å². The van der Waals surface area contributed by atoms with Gasteiger partial charge in [0.25, 0.3) is 0 Å². The fraction of sp³-hybridized carbons (Fsp3) is 0.938. The van der Waals surface area contributed by atoms with E-state index in [0.717, 1.165) is 38.5 Å². The number of ether oxygens (including phenoxy) is 1. The van der Waals surface area contributed by atoms with Crippen LogP contribution in [0.15, 0.2) is 0 Å². The molecule has 2 aliphatic rings. The molecule has 0 heterocycles. The fourth-order valence-electron chi connectivity index (χ4n) is 3.65. The van der Waals surface area contributed by atoms with Crippen LogP contribution in [-0.4, -0.2) is 55.0 Å². The van der Waals surface area contributed by atoms with Crippen LogP contribution in [0.1, 0.15) is 51.4 Å². The molecule has 2 aliphatic carbocycles. The van der Waals surface area contributed by atoms with Crippen LogP contribution in [0.5, 0.6) is 0 Å². The van der Waals surface area contributed by atoms with Crippen LogP contribution in [0.3, 0.4) is 0 Å². The minimum absolute atomic E-state index is 0.0388. The van der Waals surface area contributed by atoms with E-state index < -0.39 is 0 Å². The summed E-state index contributed by atoms with van der Waals surface area (Å²) in [5.41, 5.74) is 0. The molecule has 2 rings (SSSR count). The second kappa shape index (κ2) is 7.99. The summed E-state index contributed by atoms with van der Waals surface area (Å²) >= 11 is 0. The lowest BCUT2D eigenvalue weighted by molar-refractivity contribution is 0.0627. The smallest absolute Gasteiger partial charge is 0.317 e. The molecule has 5 heteroatoms. The molecule has 0 aromatic rings. The largest absolute Gasteiger partial charge is 0.393 e. The van der Waals surface area contributed by atoms with Crippen molar-refractivity contribution in [2.24, 2.45) is 5.92 Å². The zero-order chi connectivity index (χ0) is 15.2. The number of hydrogen-bond donors (Lipinski definition) is 2. The first-order chi connectivity index (χ1) is 10.1. The molecular formula is C16H30N2O3. The number of carbonyl (C=O) groups excluding carboxylic acids is 1. The molecule has 4 atom stereocenters. The lowest BCUT2D eigenvalue weighted by Crippen LogP contribution is -2.49. The van der Waals surface area contributed by atoms with Crippen LogP contribution < -0.4 is 5.32 Å². The van der Waals surface area contributed by atoms with Gasteiger partial charge in [-0.1, -0.05) is 25.7 Å². The minimum Gasteiger partial charge on any atom is -0.393 e. The Hall–Kier alpha value is -0.810. The lowest BCUT2D eigenvalue weighted by atomic mass is 10.1. The highest BCUT2D eigenvalue weighted by Crippen LogP contribution is 2.26. The topological polar surface area (TPSA) is 61.8 Å². The maximum absolute atomic E-state index is 12.4. The normalized spacial score (nSPS) is 33.5. The predicted molar refractivity (Wildman–Crippen MR) is 82.2 cm³/mol. The first-order valence-electron chi connectivity index (χ1n) is 8.34. The van der Waals surface area contributed by atoms with Crippen molar-refractivity contribution in [1.29, 1.82) is 0 Å². The van der Waals surface area contributed by atoms with Gasteiger partial charge in [-0.25, -0.2) is 4.79 Å². The molecule has 2 saturated carbocycles. The molecule has 4 unspecified atom stereocenters. The van der Waals surface area contributed by atoms with Crippen molar-refractivity contribution < 1.29 is 14.6 Å². The summed E-state index contributed by atoms with van der Waals surface area (Å²) in [5.74, 6) is 0.230. The van der Waals surface area contributed by atoms with Crippen molar-refractivity contribution in [1.82, 2.24) is 10.2 Å². The average molecular weight is 298 g/mol. The highest BCUT2D eigenvalue weighted by Gasteiger charge is 2.29. The number of urea groups is 1. The molecule has 0 saturated heterocycles. The minimum atomic E-state index is -0.246. The summed E-state index contributed by atoms with van der Waals surface area (Å²) in [6.45, 7) is 0.636. The van der Waals surface area contributed by atoms with Gasteiger partial charge in [-0.15, -0.1) is 0 Å². The van der Waals surface area contributed by atoms with Gasteiger partial charge in [0, 0.05) is 26.6 Å². The number of aliphatic hydroxyl groups is 1. The molecule has 0 spiro atoms. The van der Waals surface area contributed by atoms with Crippen LogP contribution in [0.4, 0.5) is 4.79 Å². The van der Waals surface area contributed by atoms with E-state index in [1.807, 2.05) is 7.05 Å². The van der Waals surface area contributed by atoms with E-state index in [1.54, 1.807) is 12.0 Å². The molecule has 0 aromatic heterocycles. The van der Waals surface area contributed by atoms with Gasteiger partial charge in [0.05, 0.1) is 18.2 Å². The van der Waals surface area contributed by atoms with Gasteiger partial charge in [0.2, 0.25) is 0 Å². The van der Waals surface area contributed by atoms with E-state index >= 15 is 0 Å². The Bertz CT molecular complexity index is 337. The third-order valence-corrected chi connectivity index (χ3v) is 5.04. The maximum atomic E-state index is 12.4. The second-order valence-corrected chi connectivity index (χ2v) is 6.61. The summed E-state index contributed by atoms with van der Waals surface area (Å²) in [5, 5.41) is 13.0. The Morgan fingerprint density at radius 1 is 1.19 bits per heavy atom. The molecule has 0 radical (unpaired) electrons. The van der Waals surface area contributed by atoms with Gasteiger partial charge in [-0.2, -0.15) is 0 Å². The summed E-state index contributed by atoms with van der Waals surface area (Å²) in [4.78, 5) is 14.1. The fourth-order valence-corrected chi connectivity index (χ4v) is 3.65. The molecule has 0 bridgehead atoms. The Labute approximate surface area is 128 Å². The summed E-state index contributed by atoms with van der Waals surface area (Å²) in [6, 6.07) is 0.0731. The first kappa shape index (κ1) is 16.6. The zero-order valence-corrected chi connectivity index (χ0v) is 13.4. The second-order valence-electron chi connectivity index (χ2n) is 6.61. The van der Waals surface area contributed by atoms with Gasteiger partial charge in [0.15, 0.2) is 0 Å². The maximum Gasteiger partial charge on any atom is 0.317 e. The van der Waals surface area contributed by atoms with Crippen molar-refractivity contribution in [2.75, 3.05) is 20.7 Å². The monoisotopic (exact) mass is 298 g/mol. The Morgan fingerprint density at radius 2 is 1.95 bits per heavy atom. The van der Waals surface area contributed by atoms with E-state index in [9.17, 15) is 9.90 Å². The van der Waals surface area contributed by atoms with E-state index in [4.69, 9.17) is 4.74 Å². The standard InChI is InChI=1S/C16H30N2O3/c1-18(11-12-7-6-9-14(12)19)16(20)17-13-8-4-3-5-10-15(13)21-2/h12-15,19H,3-11H2,1-2H3,(H,17,20). The molecule has 2 N–H and O–H groups in total. The number of rotatable bonds is 4. The van der Waals surface area contributed by atoms with Crippen molar-refractivity contribution in [3.05, 3.63) is 0 Å². The number of nitrogens with zero attached hydrogens (tertiary/aromatic N) is 1. The zero-order valence-electron chi connectivity index (χ0n) is 13.4. The molecule has 21 heavy (non-hydrogen) atoms. The van der Waals surface area contributed by atoms with E-state index in [2.05, 4.69) is 5.32 Å². The number of aliphatic hydroxyl groups excluding tert-OH is 1. The number of amides is 2. The Morgan fingerprint density at radius 3 is 2.62 bits per heavy atom. The third kappa shape index (κ3) is 4.58. The average Bonchev–Trinajstić information content (AvgIpc) is 2.74. The van der Waals surface area contributed by atoms with Crippen molar-refractivity contribution in [3.63, 3.8) is 0 Å². The summed E-state index contributed by atoms with van der Waals surface area (Å²) in [6.07, 6.45) is 8.39. The highest BCUT2D eigenvalue weighted by molar-refractivity contribution is 5.74. The molecule has 2 fully saturated rings. The highest BCUT2D eigenvalue weighted by atomic mass is 16.5. The number of carbonyl (C=O) groups is 1. The molecular weight excluding hydrogens is 268 g/mol. The van der Waals surface area contributed by atoms with Crippen LogP contribution in [0.2, 0.25) is 0 Å². The predicted octanol–water partition coefficient (Wildman–Crippen LogP) is 2.14. The van der Waals surface area contributed by atoms with Gasteiger partial charge in [-0.3, -0.25) is 0 Å². The van der Waals surface area contributed by atoms with Crippen LogP contribution in [0.25, 0.3) is 0 Å². The van der Waals surface area contributed by atoms with Gasteiger partial charge in [0.1, 0.15) is 0 Å². The molecule has 2 amide bonds. The van der Waals surface area contributed by atoms with Gasteiger partial charge in [-0.05, 0) is 25.7 Å². The third-order valence-electron chi connectivity index (χ3n) is 5.04. The molecule has 0 aromatic carbocycles. The summed E-state index contributed by atoms with van der Waals surface area (Å²) < 4.78 is 5.54. The SMILES string of the molecule is COC1CCCCCC1NC(=O)N(C)CC1CCCC1O. The number of methoxy groups -OCH3 is 1. The van der Waals surface area contributed by atoms with Crippen LogP contribution in [0, 0.1) is 5.92 Å². The van der Waals surface area contributed by atoms with Crippen LogP contribution >= 0.6 is 0 Å². The van der Waals surface area contributed by atoms with Crippen LogP contribution in [-0.2, 0) is 4.74 Å². The Balaban J connectivity index is 1.83. The molecule has 0 aliphatic heterocycles. The quantitative estimate of drug-likeness (QED) is 0.782. The molecule has 5 nitrogen and oxygen atoms in total. The number of nitrogens with one attached hydrogen (secondary N) is 1. The lowest BCUT2D eigenvalue weighted by Gasteiger charge is -2.29. The van der Waals surface area contributed by atoms with E-state index in [1.165, 1.54) is 12.8 Å². The van der Waals surface area contributed by atoms with Crippen molar-refractivity contribution in [2.45, 2.75) is 69.6 Å². The molecule has 122 valence electrons. The van der Waals surface area contributed by atoms with E-state index in [0.29, 0.717) is 6.54 Å². The Kier molecular flexibility index (Phi) is 6.30. The summed E-state index contributed by atoms with van der Waals surface area (Å²) in [7, 11) is 3.55. The number of hydrogen-bond acceptors (Lipinski definition) is 3.